The fourth-order valence-electron chi connectivity index (χ4n) is 2.03. The van der Waals surface area contributed by atoms with E-state index in [-0.39, 0.29) is 16.7 Å². The molecule has 0 saturated carbocycles. The average Bonchev–Trinajstić information content (AvgIpc) is 3.07. The van der Waals surface area contributed by atoms with Crippen LogP contribution in [0.1, 0.15) is 11.5 Å². The van der Waals surface area contributed by atoms with Gasteiger partial charge in [-0.3, -0.25) is 0 Å². The molecule has 6 heteroatoms. The highest BCUT2D eigenvalue weighted by molar-refractivity contribution is 6.50. The summed E-state index contributed by atoms with van der Waals surface area (Å²) in [6.07, 6.45) is 1.63. The number of hydrogen-bond donors (Lipinski definition) is 0. The number of methoxy groups -OCH3 is 1. The molecule has 0 aliphatic carbocycles. The van der Waals surface area contributed by atoms with E-state index >= 15 is 0 Å². The van der Waals surface area contributed by atoms with Crippen molar-refractivity contribution in [3.05, 3.63) is 65.8 Å². The minimum absolute atomic E-state index is 0.178. The highest BCUT2D eigenvalue weighted by Crippen LogP contribution is 2.29. The third-order valence-electron chi connectivity index (χ3n) is 3.14. The maximum atomic E-state index is 12.9. The molecule has 0 saturated heterocycles. The first-order chi connectivity index (χ1) is 11.2. The van der Waals surface area contributed by atoms with Crippen LogP contribution in [-0.4, -0.2) is 17.3 Å². The average molecular weight is 331 g/mol. The Balaban J connectivity index is 1.90. The lowest BCUT2D eigenvalue weighted by molar-refractivity contribution is 0.406. The lowest BCUT2D eigenvalue weighted by Crippen LogP contribution is -1.88. The van der Waals surface area contributed by atoms with Gasteiger partial charge in [-0.25, -0.2) is 4.39 Å². The van der Waals surface area contributed by atoms with Crippen molar-refractivity contribution in [2.45, 2.75) is 0 Å². The molecule has 3 aromatic rings. The van der Waals surface area contributed by atoms with Crippen molar-refractivity contribution < 1.29 is 13.7 Å². The molecule has 0 amide bonds. The van der Waals surface area contributed by atoms with Gasteiger partial charge in [0.2, 0.25) is 5.82 Å². The SMILES string of the molecule is COc1ccccc1-c1noc(/C(Cl)=C/c2ccc(F)cc2)n1. The first kappa shape index (κ1) is 15.2. The van der Waals surface area contributed by atoms with E-state index < -0.39 is 0 Å². The summed E-state index contributed by atoms with van der Waals surface area (Å²) in [7, 11) is 1.57. The van der Waals surface area contributed by atoms with Gasteiger partial charge in [0.15, 0.2) is 0 Å². The Hall–Kier alpha value is -2.66. The van der Waals surface area contributed by atoms with Gasteiger partial charge in [0.1, 0.15) is 16.6 Å². The van der Waals surface area contributed by atoms with E-state index in [0.717, 1.165) is 5.56 Å². The molecule has 0 unspecified atom stereocenters. The van der Waals surface area contributed by atoms with Crippen LogP contribution in [0.3, 0.4) is 0 Å². The van der Waals surface area contributed by atoms with Gasteiger partial charge >= 0.3 is 0 Å². The highest BCUT2D eigenvalue weighted by atomic mass is 35.5. The van der Waals surface area contributed by atoms with E-state index in [2.05, 4.69) is 10.1 Å². The molecule has 0 atom stereocenters. The van der Waals surface area contributed by atoms with Crippen LogP contribution in [0.15, 0.2) is 53.1 Å². The summed E-state index contributed by atoms with van der Waals surface area (Å²) in [5.41, 5.74) is 1.43. The molecular weight excluding hydrogens is 319 g/mol. The molecule has 0 N–H and O–H groups in total. The third kappa shape index (κ3) is 3.40. The van der Waals surface area contributed by atoms with Gasteiger partial charge in [0.25, 0.3) is 5.89 Å². The molecule has 0 bridgehead atoms. The van der Waals surface area contributed by atoms with Crippen molar-refractivity contribution in [3.63, 3.8) is 0 Å². The van der Waals surface area contributed by atoms with Crippen LogP contribution in [-0.2, 0) is 0 Å². The van der Waals surface area contributed by atoms with Crippen molar-refractivity contribution in [3.8, 4) is 17.1 Å². The Morgan fingerprint density at radius 1 is 1.17 bits per heavy atom. The zero-order valence-electron chi connectivity index (χ0n) is 12.2. The van der Waals surface area contributed by atoms with E-state index in [1.807, 2.05) is 18.2 Å². The van der Waals surface area contributed by atoms with Crippen molar-refractivity contribution in [1.29, 1.82) is 0 Å². The summed E-state index contributed by atoms with van der Waals surface area (Å²) in [5, 5.41) is 4.19. The monoisotopic (exact) mass is 330 g/mol. The first-order valence-electron chi connectivity index (χ1n) is 6.77. The Labute approximate surface area is 137 Å². The molecule has 0 fully saturated rings. The molecule has 1 aromatic heterocycles. The topological polar surface area (TPSA) is 48.2 Å². The minimum Gasteiger partial charge on any atom is -0.496 e. The Morgan fingerprint density at radius 2 is 1.91 bits per heavy atom. The van der Waals surface area contributed by atoms with Crippen LogP contribution >= 0.6 is 11.6 Å². The molecule has 4 nitrogen and oxygen atoms in total. The van der Waals surface area contributed by atoms with Gasteiger partial charge < -0.3 is 9.26 Å². The van der Waals surface area contributed by atoms with Gasteiger partial charge in [-0.1, -0.05) is 41.0 Å². The number of nitrogens with zero attached hydrogens (tertiary/aromatic N) is 2. The van der Waals surface area contributed by atoms with E-state index in [1.165, 1.54) is 12.1 Å². The zero-order valence-corrected chi connectivity index (χ0v) is 12.9. The lowest BCUT2D eigenvalue weighted by Gasteiger charge is -2.02. The van der Waals surface area contributed by atoms with Gasteiger partial charge in [-0.2, -0.15) is 4.98 Å². The smallest absolute Gasteiger partial charge is 0.269 e. The van der Waals surface area contributed by atoms with Crippen molar-refractivity contribution in [1.82, 2.24) is 10.1 Å². The maximum absolute atomic E-state index is 12.9. The molecule has 3 rings (SSSR count). The van der Waals surface area contributed by atoms with E-state index in [4.69, 9.17) is 20.9 Å². The quantitative estimate of drug-likeness (QED) is 0.700. The summed E-state index contributed by atoms with van der Waals surface area (Å²) < 4.78 is 23.4. The van der Waals surface area contributed by atoms with E-state index in [1.54, 1.807) is 31.4 Å². The van der Waals surface area contributed by atoms with Gasteiger partial charge in [-0.05, 0) is 35.9 Å². The number of hydrogen-bond acceptors (Lipinski definition) is 4. The second kappa shape index (κ2) is 6.62. The summed E-state index contributed by atoms with van der Waals surface area (Å²) in [4.78, 5) is 4.27. The molecule has 0 radical (unpaired) electrons. The summed E-state index contributed by atoms with van der Waals surface area (Å²) in [6.45, 7) is 0. The minimum atomic E-state index is -0.311. The second-order valence-corrected chi connectivity index (χ2v) is 5.07. The summed E-state index contributed by atoms with van der Waals surface area (Å²) >= 11 is 6.19. The van der Waals surface area contributed by atoms with Crippen LogP contribution in [0, 0.1) is 5.82 Å². The molecule has 2 aromatic carbocycles. The Kier molecular flexibility index (Phi) is 4.39. The Morgan fingerprint density at radius 3 is 2.65 bits per heavy atom. The largest absolute Gasteiger partial charge is 0.496 e. The molecule has 0 spiro atoms. The standard InChI is InChI=1S/C17H12ClFN2O2/c1-22-15-5-3-2-4-13(15)16-20-17(23-21-16)14(18)10-11-6-8-12(19)9-7-11/h2-10H,1H3/b14-10-. The van der Waals surface area contributed by atoms with Crippen LogP contribution in [0.2, 0.25) is 0 Å². The number of rotatable bonds is 4. The lowest BCUT2D eigenvalue weighted by atomic mass is 10.2. The number of para-hydroxylation sites is 1. The summed E-state index contributed by atoms with van der Waals surface area (Å²) in [6, 6.07) is 13.2. The predicted octanol–water partition coefficient (Wildman–Crippen LogP) is 4.62. The van der Waals surface area contributed by atoms with Gasteiger partial charge in [0.05, 0.1) is 12.7 Å². The van der Waals surface area contributed by atoms with Crippen molar-refractivity contribution in [2.75, 3.05) is 7.11 Å². The molecule has 1 heterocycles. The highest BCUT2D eigenvalue weighted by Gasteiger charge is 2.14. The number of benzene rings is 2. The van der Waals surface area contributed by atoms with E-state index in [9.17, 15) is 4.39 Å². The molecule has 0 aliphatic rings. The fraction of sp³-hybridized carbons (Fsp3) is 0.0588. The molecule has 23 heavy (non-hydrogen) atoms. The summed E-state index contributed by atoms with van der Waals surface area (Å²) in [5.74, 6) is 0.882. The molecular formula is C17H12ClFN2O2. The Bertz CT molecular complexity index is 844. The molecule has 0 aliphatic heterocycles. The van der Waals surface area contributed by atoms with Crippen molar-refractivity contribution in [2.24, 2.45) is 0 Å². The number of halogens is 2. The van der Waals surface area contributed by atoms with Gasteiger partial charge in [-0.15, -0.1) is 0 Å². The van der Waals surface area contributed by atoms with Crippen molar-refractivity contribution >= 4 is 22.7 Å². The van der Waals surface area contributed by atoms with E-state index in [0.29, 0.717) is 17.1 Å². The van der Waals surface area contributed by atoms with Crippen LogP contribution < -0.4 is 4.74 Å². The normalized spacial score (nSPS) is 11.5. The fourth-order valence-corrected chi connectivity index (χ4v) is 2.23. The van der Waals surface area contributed by atoms with Crippen LogP contribution in [0.25, 0.3) is 22.5 Å². The van der Waals surface area contributed by atoms with Gasteiger partial charge in [0, 0.05) is 0 Å². The molecule has 116 valence electrons. The number of aromatic nitrogens is 2. The third-order valence-corrected chi connectivity index (χ3v) is 3.41. The maximum Gasteiger partial charge on any atom is 0.269 e. The zero-order chi connectivity index (χ0) is 16.2. The second-order valence-electron chi connectivity index (χ2n) is 4.67. The van der Waals surface area contributed by atoms with Crippen LogP contribution in [0.5, 0.6) is 5.75 Å². The first-order valence-corrected chi connectivity index (χ1v) is 7.15. The van der Waals surface area contributed by atoms with Crippen LogP contribution in [0.4, 0.5) is 4.39 Å². The predicted molar refractivity (Wildman–Crippen MR) is 86.4 cm³/mol. The number of ether oxygens (including phenoxy) is 1.